The fraction of sp³-hybridized carbons (Fsp3) is 0.625. The zero-order valence-corrected chi connectivity index (χ0v) is 13.6. The Labute approximate surface area is 127 Å². The van der Waals surface area contributed by atoms with Crippen molar-refractivity contribution in [2.45, 2.75) is 38.4 Å². The number of likely N-dealkylation sites (tertiary alicyclic amines) is 1. The van der Waals surface area contributed by atoms with E-state index in [-0.39, 0.29) is 12.1 Å². The molecule has 1 heterocycles. The van der Waals surface area contributed by atoms with Crippen molar-refractivity contribution >= 4 is 0 Å². The third kappa shape index (κ3) is 2.80. The van der Waals surface area contributed by atoms with Crippen LogP contribution in [0.2, 0.25) is 0 Å². The van der Waals surface area contributed by atoms with Gasteiger partial charge >= 0.3 is 0 Å². The Morgan fingerprint density at radius 2 is 1.76 bits per heavy atom. The molecule has 2 N–H and O–H groups in total. The molecule has 1 aromatic carbocycles. The zero-order valence-electron chi connectivity index (χ0n) is 13.6. The third-order valence-electron chi connectivity index (χ3n) is 4.20. The Morgan fingerprint density at radius 1 is 1.10 bits per heavy atom. The lowest BCUT2D eigenvalue weighted by molar-refractivity contribution is 0.193. The van der Waals surface area contributed by atoms with Crippen LogP contribution in [0.3, 0.4) is 0 Å². The normalized spacial score (nSPS) is 22.6. The van der Waals surface area contributed by atoms with Gasteiger partial charge in [-0.15, -0.1) is 0 Å². The zero-order chi connectivity index (χ0) is 15.6. The van der Waals surface area contributed by atoms with Crippen LogP contribution in [-0.4, -0.2) is 44.9 Å². The molecule has 1 aromatic rings. The van der Waals surface area contributed by atoms with Crippen LogP contribution in [0.25, 0.3) is 0 Å². The van der Waals surface area contributed by atoms with Crippen LogP contribution in [0.1, 0.15) is 31.9 Å². The maximum absolute atomic E-state index is 6.36. The Morgan fingerprint density at radius 3 is 2.29 bits per heavy atom. The van der Waals surface area contributed by atoms with Gasteiger partial charge in [0, 0.05) is 24.2 Å². The summed E-state index contributed by atoms with van der Waals surface area (Å²) in [4.78, 5) is 2.41. The second kappa shape index (κ2) is 6.54. The van der Waals surface area contributed by atoms with Gasteiger partial charge in [0.25, 0.3) is 0 Å². The summed E-state index contributed by atoms with van der Waals surface area (Å²) in [5.74, 6) is 2.01. The van der Waals surface area contributed by atoms with Gasteiger partial charge in [-0.1, -0.05) is 0 Å². The molecule has 1 aliphatic rings. The number of benzene rings is 1. The van der Waals surface area contributed by atoms with Gasteiger partial charge < -0.3 is 19.9 Å². The van der Waals surface area contributed by atoms with E-state index in [4.69, 9.17) is 19.9 Å². The Hall–Kier alpha value is -1.46. The van der Waals surface area contributed by atoms with E-state index in [0.29, 0.717) is 23.3 Å². The molecule has 0 spiro atoms. The largest absolute Gasteiger partial charge is 0.493 e. The van der Waals surface area contributed by atoms with Crippen molar-refractivity contribution in [2.75, 3.05) is 27.9 Å². The van der Waals surface area contributed by atoms with E-state index < -0.39 is 0 Å². The molecular formula is C16H26N2O3. The van der Waals surface area contributed by atoms with Gasteiger partial charge in [-0.2, -0.15) is 0 Å². The molecule has 1 saturated heterocycles. The molecule has 0 aliphatic carbocycles. The molecule has 5 nitrogen and oxygen atoms in total. The fourth-order valence-electron chi connectivity index (χ4n) is 3.19. The number of ether oxygens (including phenoxy) is 3. The van der Waals surface area contributed by atoms with Crippen LogP contribution in [0, 0.1) is 0 Å². The maximum atomic E-state index is 6.36. The molecule has 5 heteroatoms. The molecule has 0 saturated carbocycles. The van der Waals surface area contributed by atoms with Gasteiger partial charge in [0.05, 0.1) is 27.4 Å². The molecule has 0 bridgehead atoms. The fourth-order valence-corrected chi connectivity index (χ4v) is 3.19. The van der Waals surface area contributed by atoms with E-state index in [9.17, 15) is 0 Å². The number of nitrogens with two attached hydrogens (primary N) is 1. The molecular weight excluding hydrogens is 268 g/mol. The van der Waals surface area contributed by atoms with Gasteiger partial charge in [0.15, 0.2) is 11.5 Å². The van der Waals surface area contributed by atoms with Crippen LogP contribution >= 0.6 is 0 Å². The van der Waals surface area contributed by atoms with Gasteiger partial charge in [-0.05, 0) is 32.4 Å². The van der Waals surface area contributed by atoms with Gasteiger partial charge in [0.1, 0.15) is 0 Å². The van der Waals surface area contributed by atoms with Crippen LogP contribution < -0.4 is 19.9 Å². The van der Waals surface area contributed by atoms with E-state index in [2.05, 4.69) is 18.7 Å². The Balaban J connectivity index is 2.52. The van der Waals surface area contributed by atoms with Gasteiger partial charge in [-0.25, -0.2) is 0 Å². The van der Waals surface area contributed by atoms with E-state index in [1.54, 1.807) is 21.3 Å². The SMILES string of the molecule is COc1ccc(C2C(N)CCN2C(C)C)c(OC)c1OC. The average Bonchev–Trinajstić information content (AvgIpc) is 2.87. The second-order valence-corrected chi connectivity index (χ2v) is 5.65. The predicted octanol–water partition coefficient (Wildman–Crippen LogP) is 2.19. The van der Waals surface area contributed by atoms with Crippen molar-refractivity contribution in [3.05, 3.63) is 17.7 Å². The summed E-state index contributed by atoms with van der Waals surface area (Å²) >= 11 is 0. The number of nitrogens with zero attached hydrogens (tertiary/aromatic N) is 1. The van der Waals surface area contributed by atoms with Crippen LogP contribution in [0.5, 0.6) is 17.2 Å². The lowest BCUT2D eigenvalue weighted by atomic mass is 9.98. The minimum absolute atomic E-state index is 0.0967. The lowest BCUT2D eigenvalue weighted by Gasteiger charge is -2.32. The lowest BCUT2D eigenvalue weighted by Crippen LogP contribution is -2.36. The standard InChI is InChI=1S/C16H26N2O3/c1-10(2)18-9-8-12(17)14(18)11-6-7-13(19-3)16(21-5)15(11)20-4/h6-7,10,12,14H,8-9,17H2,1-5H3. The third-order valence-corrected chi connectivity index (χ3v) is 4.20. The van der Waals surface area contributed by atoms with Crippen molar-refractivity contribution in [2.24, 2.45) is 5.73 Å². The summed E-state index contributed by atoms with van der Waals surface area (Å²) in [6.07, 6.45) is 0.986. The Bertz CT molecular complexity index is 491. The molecule has 2 rings (SSSR count). The van der Waals surface area contributed by atoms with Crippen LogP contribution in [0.15, 0.2) is 12.1 Å². The summed E-state index contributed by atoms with van der Waals surface area (Å²) in [7, 11) is 4.90. The highest BCUT2D eigenvalue weighted by Crippen LogP contribution is 2.46. The second-order valence-electron chi connectivity index (χ2n) is 5.65. The monoisotopic (exact) mass is 294 g/mol. The first kappa shape index (κ1) is 15.9. The average molecular weight is 294 g/mol. The summed E-state index contributed by atoms with van der Waals surface area (Å²) in [5.41, 5.74) is 7.42. The first-order valence-corrected chi connectivity index (χ1v) is 7.35. The van der Waals surface area contributed by atoms with Gasteiger partial charge in [-0.3, -0.25) is 4.90 Å². The molecule has 0 aromatic heterocycles. The van der Waals surface area contributed by atoms with Crippen molar-refractivity contribution in [1.29, 1.82) is 0 Å². The van der Waals surface area contributed by atoms with E-state index in [0.717, 1.165) is 18.5 Å². The Kier molecular flexibility index (Phi) is 4.96. The number of methoxy groups -OCH3 is 3. The van der Waals surface area contributed by atoms with Crippen molar-refractivity contribution in [1.82, 2.24) is 4.90 Å². The molecule has 2 atom stereocenters. The first-order valence-electron chi connectivity index (χ1n) is 7.35. The first-order chi connectivity index (χ1) is 10.0. The molecule has 1 aliphatic heterocycles. The van der Waals surface area contributed by atoms with E-state index >= 15 is 0 Å². The maximum Gasteiger partial charge on any atom is 0.203 e. The van der Waals surface area contributed by atoms with Crippen molar-refractivity contribution in [3.8, 4) is 17.2 Å². The highest BCUT2D eigenvalue weighted by molar-refractivity contribution is 5.57. The molecule has 21 heavy (non-hydrogen) atoms. The summed E-state index contributed by atoms with van der Waals surface area (Å²) in [6.45, 7) is 5.39. The van der Waals surface area contributed by atoms with Crippen molar-refractivity contribution < 1.29 is 14.2 Å². The van der Waals surface area contributed by atoms with Crippen LogP contribution in [-0.2, 0) is 0 Å². The summed E-state index contributed by atoms with van der Waals surface area (Å²) in [6, 6.07) is 4.62. The predicted molar refractivity (Wildman–Crippen MR) is 83.3 cm³/mol. The van der Waals surface area contributed by atoms with E-state index in [1.165, 1.54) is 0 Å². The highest BCUT2D eigenvalue weighted by atomic mass is 16.5. The molecule has 0 amide bonds. The molecule has 118 valence electrons. The van der Waals surface area contributed by atoms with E-state index in [1.807, 2.05) is 12.1 Å². The molecule has 1 fully saturated rings. The minimum atomic E-state index is 0.0967. The van der Waals surface area contributed by atoms with Crippen molar-refractivity contribution in [3.63, 3.8) is 0 Å². The topological polar surface area (TPSA) is 57.0 Å². The molecule has 2 unspecified atom stereocenters. The highest BCUT2D eigenvalue weighted by Gasteiger charge is 2.37. The quantitative estimate of drug-likeness (QED) is 0.902. The number of rotatable bonds is 5. The summed E-state index contributed by atoms with van der Waals surface area (Å²) < 4.78 is 16.4. The number of hydrogen-bond acceptors (Lipinski definition) is 5. The van der Waals surface area contributed by atoms with Gasteiger partial charge in [0.2, 0.25) is 5.75 Å². The number of hydrogen-bond donors (Lipinski definition) is 1. The summed E-state index contributed by atoms with van der Waals surface area (Å²) in [5, 5.41) is 0. The van der Waals surface area contributed by atoms with Crippen LogP contribution in [0.4, 0.5) is 0 Å². The molecule has 0 radical (unpaired) electrons. The minimum Gasteiger partial charge on any atom is -0.493 e. The smallest absolute Gasteiger partial charge is 0.203 e.